The van der Waals surface area contributed by atoms with Gasteiger partial charge in [-0.3, -0.25) is 14.6 Å². The molecule has 0 saturated carbocycles. The molecule has 1 heterocycles. The first-order valence-corrected chi connectivity index (χ1v) is 6.65. The Hall–Kier alpha value is -2.47. The van der Waals surface area contributed by atoms with Crippen LogP contribution in [-0.2, 0) is 4.79 Å². The van der Waals surface area contributed by atoms with Gasteiger partial charge in [0.1, 0.15) is 10.8 Å². The number of rotatable bonds is 4. The highest BCUT2D eigenvalue weighted by Gasteiger charge is 2.09. The number of carbonyl (C=O) groups is 2. The Morgan fingerprint density at radius 2 is 1.90 bits per heavy atom. The first kappa shape index (κ1) is 14.9. The van der Waals surface area contributed by atoms with Crippen molar-refractivity contribution in [2.45, 2.75) is 13.3 Å². The molecule has 0 aliphatic heterocycles. The highest BCUT2D eigenvalue weighted by atomic mass is 35.5. The minimum atomic E-state index is -0.427. The molecule has 2 rings (SSSR count). The fourth-order valence-corrected chi connectivity index (χ4v) is 1.72. The lowest BCUT2D eigenvalue weighted by molar-refractivity contribution is -0.115. The van der Waals surface area contributed by atoms with Crippen molar-refractivity contribution in [2.75, 3.05) is 10.6 Å². The molecular weight excluding hydrogens is 292 g/mol. The summed E-state index contributed by atoms with van der Waals surface area (Å²) in [6.45, 7) is 1.76. The summed E-state index contributed by atoms with van der Waals surface area (Å²) in [5, 5.41) is 5.53. The lowest BCUT2D eigenvalue weighted by atomic mass is 10.2. The van der Waals surface area contributed by atoms with E-state index in [1.54, 1.807) is 31.2 Å². The van der Waals surface area contributed by atoms with E-state index in [0.717, 1.165) is 0 Å². The van der Waals surface area contributed by atoms with E-state index in [-0.39, 0.29) is 16.8 Å². The standard InChI is InChI=1S/C14H13ClN4O2/c1-2-13(20)17-9-4-3-5-10(6-9)18-14(21)11-7-16-8-12(15)19-11/h3-8H,2H2,1H3,(H,17,20)(H,18,21). The first-order chi connectivity index (χ1) is 10.1. The molecule has 7 heteroatoms. The van der Waals surface area contributed by atoms with Gasteiger partial charge in [0.2, 0.25) is 5.91 Å². The topological polar surface area (TPSA) is 84.0 Å². The summed E-state index contributed by atoms with van der Waals surface area (Å²) in [5.74, 6) is -0.525. The normalized spacial score (nSPS) is 10.0. The molecule has 2 N–H and O–H groups in total. The maximum absolute atomic E-state index is 12.0. The highest BCUT2D eigenvalue weighted by molar-refractivity contribution is 6.29. The maximum atomic E-state index is 12.0. The smallest absolute Gasteiger partial charge is 0.275 e. The number of anilines is 2. The van der Waals surface area contributed by atoms with Crippen LogP contribution < -0.4 is 10.6 Å². The Bertz CT molecular complexity index is 676. The molecule has 1 aromatic carbocycles. The third-order valence-electron chi connectivity index (χ3n) is 2.56. The van der Waals surface area contributed by atoms with Crippen molar-refractivity contribution in [3.05, 3.63) is 47.5 Å². The second kappa shape index (κ2) is 6.81. The Morgan fingerprint density at radius 1 is 1.19 bits per heavy atom. The molecule has 108 valence electrons. The van der Waals surface area contributed by atoms with Crippen molar-refractivity contribution in [1.29, 1.82) is 0 Å². The maximum Gasteiger partial charge on any atom is 0.275 e. The largest absolute Gasteiger partial charge is 0.326 e. The van der Waals surface area contributed by atoms with Crippen LogP contribution in [0.5, 0.6) is 0 Å². The predicted octanol–water partition coefficient (Wildman–Crippen LogP) is 2.73. The lowest BCUT2D eigenvalue weighted by Crippen LogP contribution is -2.14. The number of hydrogen-bond donors (Lipinski definition) is 2. The van der Waals surface area contributed by atoms with Gasteiger partial charge in [-0.25, -0.2) is 4.98 Å². The quantitative estimate of drug-likeness (QED) is 0.909. The molecule has 2 amide bonds. The molecule has 0 bridgehead atoms. The van der Waals surface area contributed by atoms with E-state index in [9.17, 15) is 9.59 Å². The molecule has 21 heavy (non-hydrogen) atoms. The van der Waals surface area contributed by atoms with Crippen LogP contribution in [0.3, 0.4) is 0 Å². The molecule has 0 saturated heterocycles. The molecule has 6 nitrogen and oxygen atoms in total. The van der Waals surface area contributed by atoms with E-state index in [0.29, 0.717) is 17.8 Å². The Labute approximate surface area is 126 Å². The number of hydrogen-bond acceptors (Lipinski definition) is 4. The fourth-order valence-electron chi connectivity index (χ4n) is 1.57. The number of nitrogens with zero attached hydrogens (tertiary/aromatic N) is 2. The second-order valence-electron chi connectivity index (χ2n) is 4.16. The molecule has 0 unspecified atom stereocenters. The van der Waals surface area contributed by atoms with E-state index < -0.39 is 5.91 Å². The van der Waals surface area contributed by atoms with Crippen LogP contribution >= 0.6 is 11.6 Å². The molecule has 0 fully saturated rings. The van der Waals surface area contributed by atoms with Gasteiger partial charge in [0.15, 0.2) is 0 Å². The zero-order valence-electron chi connectivity index (χ0n) is 11.3. The first-order valence-electron chi connectivity index (χ1n) is 6.27. The summed E-state index contributed by atoms with van der Waals surface area (Å²) in [6, 6.07) is 6.83. The molecular formula is C14H13ClN4O2. The molecule has 2 aromatic rings. The number of amides is 2. The Morgan fingerprint density at radius 3 is 2.57 bits per heavy atom. The van der Waals surface area contributed by atoms with Gasteiger partial charge in [-0.15, -0.1) is 0 Å². The van der Waals surface area contributed by atoms with Crippen LogP contribution in [0.25, 0.3) is 0 Å². The van der Waals surface area contributed by atoms with Gasteiger partial charge in [0.25, 0.3) is 5.91 Å². The van der Waals surface area contributed by atoms with Crippen molar-refractivity contribution in [1.82, 2.24) is 9.97 Å². The van der Waals surface area contributed by atoms with E-state index in [2.05, 4.69) is 20.6 Å². The van der Waals surface area contributed by atoms with Crippen molar-refractivity contribution in [2.24, 2.45) is 0 Å². The van der Waals surface area contributed by atoms with Gasteiger partial charge >= 0.3 is 0 Å². The Kier molecular flexibility index (Phi) is 4.84. The minimum Gasteiger partial charge on any atom is -0.326 e. The number of nitrogens with one attached hydrogen (secondary N) is 2. The summed E-state index contributed by atoms with van der Waals surface area (Å²) in [4.78, 5) is 31.0. The predicted molar refractivity (Wildman–Crippen MR) is 80.4 cm³/mol. The molecule has 1 aromatic heterocycles. The summed E-state index contributed by atoms with van der Waals surface area (Å²) >= 11 is 5.69. The average molecular weight is 305 g/mol. The van der Waals surface area contributed by atoms with Gasteiger partial charge in [-0.05, 0) is 18.2 Å². The minimum absolute atomic E-state index is 0.0980. The summed E-state index contributed by atoms with van der Waals surface area (Å²) in [5.41, 5.74) is 1.26. The van der Waals surface area contributed by atoms with Crippen LogP contribution in [-0.4, -0.2) is 21.8 Å². The summed E-state index contributed by atoms with van der Waals surface area (Å²) in [7, 11) is 0. The van der Waals surface area contributed by atoms with Crippen LogP contribution in [0.2, 0.25) is 5.15 Å². The van der Waals surface area contributed by atoms with E-state index in [1.165, 1.54) is 12.4 Å². The van der Waals surface area contributed by atoms with Crippen molar-refractivity contribution in [3.63, 3.8) is 0 Å². The summed E-state index contributed by atoms with van der Waals surface area (Å²) < 4.78 is 0. The molecule has 0 aliphatic carbocycles. The SMILES string of the molecule is CCC(=O)Nc1cccc(NC(=O)c2cncc(Cl)n2)c1. The van der Waals surface area contributed by atoms with Gasteiger partial charge in [-0.1, -0.05) is 24.6 Å². The number of benzene rings is 1. The number of aromatic nitrogens is 2. The monoisotopic (exact) mass is 304 g/mol. The molecule has 0 radical (unpaired) electrons. The Balaban J connectivity index is 2.11. The molecule has 0 spiro atoms. The van der Waals surface area contributed by atoms with Crippen molar-refractivity contribution >= 4 is 34.8 Å². The lowest BCUT2D eigenvalue weighted by Gasteiger charge is -2.08. The van der Waals surface area contributed by atoms with Crippen LogP contribution in [0.15, 0.2) is 36.7 Å². The van der Waals surface area contributed by atoms with E-state index in [4.69, 9.17) is 11.6 Å². The van der Waals surface area contributed by atoms with Crippen molar-refractivity contribution in [3.8, 4) is 0 Å². The van der Waals surface area contributed by atoms with E-state index >= 15 is 0 Å². The van der Waals surface area contributed by atoms with Crippen LogP contribution in [0, 0.1) is 0 Å². The average Bonchev–Trinajstić information content (AvgIpc) is 2.47. The fraction of sp³-hybridized carbons (Fsp3) is 0.143. The van der Waals surface area contributed by atoms with Gasteiger partial charge < -0.3 is 10.6 Å². The number of carbonyl (C=O) groups excluding carboxylic acids is 2. The van der Waals surface area contributed by atoms with Gasteiger partial charge in [0, 0.05) is 17.8 Å². The van der Waals surface area contributed by atoms with Gasteiger partial charge in [0.05, 0.1) is 12.4 Å². The van der Waals surface area contributed by atoms with E-state index in [1.807, 2.05) is 0 Å². The zero-order chi connectivity index (χ0) is 15.2. The van der Waals surface area contributed by atoms with Gasteiger partial charge in [-0.2, -0.15) is 0 Å². The van der Waals surface area contributed by atoms with Crippen LogP contribution in [0.1, 0.15) is 23.8 Å². The highest BCUT2D eigenvalue weighted by Crippen LogP contribution is 2.16. The number of halogens is 1. The van der Waals surface area contributed by atoms with Crippen molar-refractivity contribution < 1.29 is 9.59 Å². The third-order valence-corrected chi connectivity index (χ3v) is 2.75. The second-order valence-corrected chi connectivity index (χ2v) is 4.55. The zero-order valence-corrected chi connectivity index (χ0v) is 12.0. The molecule has 0 aliphatic rings. The third kappa shape index (κ3) is 4.25. The summed E-state index contributed by atoms with van der Waals surface area (Å²) in [6.07, 6.45) is 3.05. The molecule has 0 atom stereocenters. The van der Waals surface area contributed by atoms with Crippen LogP contribution in [0.4, 0.5) is 11.4 Å².